The van der Waals surface area contributed by atoms with Crippen molar-refractivity contribution in [1.82, 2.24) is 0 Å². The predicted octanol–water partition coefficient (Wildman–Crippen LogP) is 0.727. The molecule has 2 atom stereocenters. The largest absolute Gasteiger partial charge is 0.349 e. The van der Waals surface area contributed by atoms with E-state index in [1.165, 1.54) is 0 Å². The van der Waals surface area contributed by atoms with Crippen LogP contribution in [0.3, 0.4) is 0 Å². The molecule has 2 saturated heterocycles. The molecule has 2 heterocycles. The quantitative estimate of drug-likeness (QED) is 0.518. The molecule has 0 amide bonds. The predicted molar refractivity (Wildman–Crippen MR) is 38.0 cm³/mol. The van der Waals surface area contributed by atoms with E-state index >= 15 is 0 Å². The van der Waals surface area contributed by atoms with Gasteiger partial charge in [-0.25, -0.2) is 0 Å². The molecule has 0 unspecified atom stereocenters. The number of ketones is 1. The van der Waals surface area contributed by atoms with Crippen LogP contribution in [0.2, 0.25) is 0 Å². The first-order chi connectivity index (χ1) is 5.09. The lowest BCUT2D eigenvalue weighted by Crippen LogP contribution is -2.40. The van der Waals surface area contributed by atoms with Crippen molar-refractivity contribution in [2.24, 2.45) is 5.41 Å². The monoisotopic (exact) mass is 156 g/mol. The second-order valence-corrected chi connectivity index (χ2v) is 3.92. The second kappa shape index (κ2) is 2.05. The van der Waals surface area contributed by atoms with Crippen LogP contribution in [0.1, 0.15) is 20.3 Å². The molecule has 2 fully saturated rings. The number of fused-ring (bicyclic) bond motifs is 2. The van der Waals surface area contributed by atoms with Crippen LogP contribution in [0.15, 0.2) is 0 Å². The van der Waals surface area contributed by atoms with Crippen LogP contribution in [0, 0.1) is 5.41 Å². The molecule has 11 heavy (non-hydrogen) atoms. The average Bonchev–Trinajstić information content (AvgIpc) is 2.28. The highest BCUT2D eigenvalue weighted by atomic mass is 16.7. The van der Waals surface area contributed by atoms with E-state index in [0.29, 0.717) is 13.0 Å². The molecule has 2 aliphatic heterocycles. The normalized spacial score (nSPS) is 41.1. The van der Waals surface area contributed by atoms with Gasteiger partial charge in [-0.1, -0.05) is 13.8 Å². The van der Waals surface area contributed by atoms with Gasteiger partial charge in [0.1, 0.15) is 6.10 Å². The van der Waals surface area contributed by atoms with Crippen molar-refractivity contribution in [3.63, 3.8) is 0 Å². The highest BCUT2D eigenvalue weighted by Gasteiger charge is 2.47. The molecule has 3 nitrogen and oxygen atoms in total. The van der Waals surface area contributed by atoms with E-state index in [0.717, 1.165) is 0 Å². The number of hydrogen-bond acceptors (Lipinski definition) is 3. The highest BCUT2D eigenvalue weighted by Crippen LogP contribution is 2.38. The summed E-state index contributed by atoms with van der Waals surface area (Å²) in [6.07, 6.45) is 0.153. The van der Waals surface area contributed by atoms with Crippen molar-refractivity contribution in [2.75, 3.05) is 6.61 Å². The van der Waals surface area contributed by atoms with Gasteiger partial charge in [-0.05, 0) is 0 Å². The maximum absolute atomic E-state index is 11.3. The summed E-state index contributed by atoms with van der Waals surface area (Å²) in [6, 6.07) is 0. The van der Waals surface area contributed by atoms with E-state index in [-0.39, 0.29) is 23.6 Å². The number of hydrogen-bond donors (Lipinski definition) is 0. The van der Waals surface area contributed by atoms with Gasteiger partial charge in [-0.15, -0.1) is 0 Å². The molecule has 0 spiro atoms. The standard InChI is InChI=1S/C8H12O3/c1-8(2)3-5(9)6-4-10-7(8)11-6/h6-7H,3-4H2,1-2H3/t6-,7+/m1/s1. The molecule has 2 rings (SSSR count). The van der Waals surface area contributed by atoms with E-state index in [9.17, 15) is 4.79 Å². The molecule has 2 aliphatic rings. The zero-order valence-electron chi connectivity index (χ0n) is 6.79. The van der Waals surface area contributed by atoms with Crippen molar-refractivity contribution in [2.45, 2.75) is 32.7 Å². The van der Waals surface area contributed by atoms with Gasteiger partial charge < -0.3 is 9.47 Å². The number of Topliss-reactive ketones (excluding diaryl/α,β-unsaturated/α-hetero) is 1. The van der Waals surface area contributed by atoms with E-state index in [4.69, 9.17) is 9.47 Å². The summed E-state index contributed by atoms with van der Waals surface area (Å²) in [5.41, 5.74) is -0.135. The van der Waals surface area contributed by atoms with Gasteiger partial charge in [0.05, 0.1) is 6.61 Å². The summed E-state index contributed by atoms with van der Waals surface area (Å²) in [4.78, 5) is 11.3. The molecule has 0 N–H and O–H groups in total. The van der Waals surface area contributed by atoms with Gasteiger partial charge in [0, 0.05) is 11.8 Å². The van der Waals surface area contributed by atoms with E-state index < -0.39 is 0 Å². The fraction of sp³-hybridized carbons (Fsp3) is 0.875. The molecular weight excluding hydrogens is 144 g/mol. The molecular formula is C8H12O3. The number of carbonyl (C=O) groups excluding carboxylic acids is 1. The zero-order chi connectivity index (χ0) is 8.06. The van der Waals surface area contributed by atoms with Gasteiger partial charge in [-0.3, -0.25) is 4.79 Å². The van der Waals surface area contributed by atoms with Crippen molar-refractivity contribution in [3.8, 4) is 0 Å². The molecule has 2 bridgehead atoms. The highest BCUT2D eigenvalue weighted by molar-refractivity contribution is 5.84. The van der Waals surface area contributed by atoms with Gasteiger partial charge >= 0.3 is 0 Å². The Morgan fingerprint density at radius 1 is 1.55 bits per heavy atom. The third-order valence-electron chi connectivity index (χ3n) is 2.31. The van der Waals surface area contributed by atoms with Gasteiger partial charge in [0.15, 0.2) is 12.1 Å². The minimum absolute atomic E-state index is 0.135. The van der Waals surface area contributed by atoms with Crippen LogP contribution in [0.25, 0.3) is 0 Å². The minimum Gasteiger partial charge on any atom is -0.349 e. The minimum atomic E-state index is -0.270. The maximum atomic E-state index is 11.3. The summed E-state index contributed by atoms with van der Waals surface area (Å²) in [5.74, 6) is 0.184. The van der Waals surface area contributed by atoms with Crippen LogP contribution >= 0.6 is 0 Å². The fourth-order valence-corrected chi connectivity index (χ4v) is 1.63. The van der Waals surface area contributed by atoms with Crippen LogP contribution in [-0.4, -0.2) is 24.8 Å². The van der Waals surface area contributed by atoms with Crippen LogP contribution in [0.5, 0.6) is 0 Å². The molecule has 0 aromatic carbocycles. The fourth-order valence-electron chi connectivity index (χ4n) is 1.63. The molecule has 0 radical (unpaired) electrons. The lowest BCUT2D eigenvalue weighted by Gasteiger charge is -2.32. The first kappa shape index (κ1) is 7.25. The lowest BCUT2D eigenvalue weighted by atomic mass is 9.84. The summed E-state index contributed by atoms with van der Waals surface area (Å²) in [5, 5.41) is 0. The topological polar surface area (TPSA) is 35.5 Å². The Balaban J connectivity index is 2.24. The van der Waals surface area contributed by atoms with Crippen LogP contribution in [-0.2, 0) is 14.3 Å². The Hall–Kier alpha value is -0.410. The Morgan fingerprint density at radius 3 is 3.00 bits per heavy atom. The maximum Gasteiger partial charge on any atom is 0.164 e. The van der Waals surface area contributed by atoms with Gasteiger partial charge in [0.2, 0.25) is 0 Å². The molecule has 62 valence electrons. The first-order valence-electron chi connectivity index (χ1n) is 3.89. The molecule has 0 aliphatic carbocycles. The Morgan fingerprint density at radius 2 is 2.27 bits per heavy atom. The summed E-state index contributed by atoms with van der Waals surface area (Å²) < 4.78 is 10.7. The smallest absolute Gasteiger partial charge is 0.164 e. The lowest BCUT2D eigenvalue weighted by molar-refractivity contribution is -0.170. The van der Waals surface area contributed by atoms with Crippen molar-refractivity contribution in [1.29, 1.82) is 0 Å². The van der Waals surface area contributed by atoms with E-state index in [1.807, 2.05) is 13.8 Å². The zero-order valence-corrected chi connectivity index (χ0v) is 6.79. The third kappa shape index (κ3) is 0.993. The Labute approximate surface area is 65.7 Å². The summed E-state index contributed by atoms with van der Waals surface area (Å²) in [6.45, 7) is 4.45. The van der Waals surface area contributed by atoms with Crippen molar-refractivity contribution >= 4 is 5.78 Å². The Kier molecular flexibility index (Phi) is 1.35. The number of ether oxygens (including phenoxy) is 2. The SMILES string of the molecule is CC1(C)CC(=O)[C@H]2CO[C@H]1O2. The van der Waals surface area contributed by atoms with Crippen molar-refractivity contribution < 1.29 is 14.3 Å². The number of rotatable bonds is 0. The summed E-state index contributed by atoms with van der Waals surface area (Å²) >= 11 is 0. The first-order valence-corrected chi connectivity index (χ1v) is 3.89. The summed E-state index contributed by atoms with van der Waals surface area (Å²) in [7, 11) is 0. The second-order valence-electron chi connectivity index (χ2n) is 3.92. The average molecular weight is 156 g/mol. The molecule has 0 saturated carbocycles. The van der Waals surface area contributed by atoms with E-state index in [1.54, 1.807) is 0 Å². The molecule has 0 aromatic rings. The van der Waals surface area contributed by atoms with Crippen LogP contribution in [0.4, 0.5) is 0 Å². The molecule has 3 heteroatoms. The van der Waals surface area contributed by atoms with Gasteiger partial charge in [-0.2, -0.15) is 0 Å². The number of carbonyl (C=O) groups is 1. The van der Waals surface area contributed by atoms with Crippen molar-refractivity contribution in [3.05, 3.63) is 0 Å². The molecule has 0 aromatic heterocycles. The Bertz CT molecular complexity index is 198. The van der Waals surface area contributed by atoms with Crippen LogP contribution < -0.4 is 0 Å². The van der Waals surface area contributed by atoms with E-state index in [2.05, 4.69) is 0 Å². The van der Waals surface area contributed by atoms with Gasteiger partial charge in [0.25, 0.3) is 0 Å². The third-order valence-corrected chi connectivity index (χ3v) is 2.31.